The molecule has 0 radical (unpaired) electrons. The van der Waals surface area contributed by atoms with Crippen LogP contribution in [0.3, 0.4) is 0 Å². The van der Waals surface area contributed by atoms with Gasteiger partial charge in [-0.05, 0) is 38.6 Å². The Bertz CT molecular complexity index is 353. The van der Waals surface area contributed by atoms with E-state index in [1.54, 1.807) is 11.3 Å². The first-order chi connectivity index (χ1) is 8.85. The molecule has 0 amide bonds. The van der Waals surface area contributed by atoms with Gasteiger partial charge in [-0.3, -0.25) is 4.90 Å². The lowest BCUT2D eigenvalue weighted by Crippen LogP contribution is -2.48. The summed E-state index contributed by atoms with van der Waals surface area (Å²) in [5.74, 6) is 0. The van der Waals surface area contributed by atoms with Crippen LogP contribution < -0.4 is 5.32 Å². The minimum atomic E-state index is 0.771. The molecule has 2 saturated heterocycles. The first kappa shape index (κ1) is 12.6. The van der Waals surface area contributed by atoms with E-state index in [1.807, 2.05) is 6.20 Å². The predicted octanol–water partition coefficient (Wildman–Crippen LogP) is 2.64. The van der Waals surface area contributed by atoms with Crippen molar-refractivity contribution in [2.24, 2.45) is 0 Å². The monoisotopic (exact) mass is 265 g/mol. The molecule has 18 heavy (non-hydrogen) atoms. The van der Waals surface area contributed by atoms with Crippen LogP contribution in [-0.2, 0) is 6.54 Å². The maximum absolute atomic E-state index is 4.45. The molecule has 2 atom stereocenters. The number of piperidine rings is 1. The lowest BCUT2D eigenvalue weighted by Gasteiger charge is -2.37. The number of aromatic nitrogens is 1. The van der Waals surface area contributed by atoms with Crippen molar-refractivity contribution in [3.05, 3.63) is 16.6 Å². The number of thiazole rings is 1. The molecule has 2 bridgehead atoms. The van der Waals surface area contributed by atoms with Crippen LogP contribution in [0.1, 0.15) is 44.0 Å². The minimum absolute atomic E-state index is 0.771. The molecule has 2 aliphatic rings. The second kappa shape index (κ2) is 5.68. The van der Waals surface area contributed by atoms with Gasteiger partial charge >= 0.3 is 0 Å². The highest BCUT2D eigenvalue weighted by molar-refractivity contribution is 7.09. The smallest absolute Gasteiger partial charge is 0.107 e. The summed E-state index contributed by atoms with van der Waals surface area (Å²) in [4.78, 5) is 7.12. The molecule has 2 fully saturated rings. The Hall–Kier alpha value is -0.450. The third kappa shape index (κ3) is 2.76. The van der Waals surface area contributed by atoms with E-state index >= 15 is 0 Å². The lowest BCUT2D eigenvalue weighted by molar-refractivity contribution is 0.134. The molecule has 2 aliphatic heterocycles. The molecule has 2 unspecified atom stereocenters. The van der Waals surface area contributed by atoms with Gasteiger partial charge in [-0.1, -0.05) is 6.92 Å². The molecule has 0 aliphatic carbocycles. The number of nitrogens with zero attached hydrogens (tertiary/aromatic N) is 2. The first-order valence-corrected chi connectivity index (χ1v) is 8.11. The van der Waals surface area contributed by atoms with Crippen LogP contribution >= 0.6 is 11.3 Å². The topological polar surface area (TPSA) is 28.2 Å². The Morgan fingerprint density at radius 1 is 1.39 bits per heavy atom. The minimum Gasteiger partial charge on any atom is -0.311 e. The van der Waals surface area contributed by atoms with E-state index in [0.717, 1.165) is 24.7 Å². The van der Waals surface area contributed by atoms with Gasteiger partial charge in [-0.2, -0.15) is 0 Å². The highest BCUT2D eigenvalue weighted by Crippen LogP contribution is 2.30. The zero-order valence-corrected chi connectivity index (χ0v) is 12.0. The van der Waals surface area contributed by atoms with E-state index in [0.29, 0.717) is 0 Å². The van der Waals surface area contributed by atoms with Gasteiger partial charge in [0.05, 0.1) is 6.54 Å². The third-order valence-electron chi connectivity index (χ3n) is 4.30. The maximum atomic E-state index is 4.45. The normalized spacial score (nSPS) is 31.1. The van der Waals surface area contributed by atoms with Gasteiger partial charge in [-0.25, -0.2) is 4.98 Å². The fourth-order valence-corrected chi connectivity index (χ4v) is 4.15. The fraction of sp³-hybridized carbons (Fsp3) is 0.786. The van der Waals surface area contributed by atoms with Gasteiger partial charge in [-0.15, -0.1) is 11.3 Å². The van der Waals surface area contributed by atoms with Gasteiger partial charge in [0.2, 0.25) is 0 Å². The van der Waals surface area contributed by atoms with Crippen molar-refractivity contribution in [1.29, 1.82) is 0 Å². The van der Waals surface area contributed by atoms with Crippen LogP contribution in [0.25, 0.3) is 0 Å². The van der Waals surface area contributed by atoms with Crippen molar-refractivity contribution in [2.75, 3.05) is 6.54 Å². The Balaban J connectivity index is 1.65. The van der Waals surface area contributed by atoms with Crippen molar-refractivity contribution in [3.8, 4) is 0 Å². The SMILES string of the molecule is CCCN(Cc1nccs1)C1CC2CCC(C1)N2. The van der Waals surface area contributed by atoms with Crippen molar-refractivity contribution < 1.29 is 0 Å². The van der Waals surface area contributed by atoms with E-state index in [2.05, 4.69) is 27.5 Å². The molecule has 3 rings (SSSR count). The molecule has 3 nitrogen and oxygen atoms in total. The Kier molecular flexibility index (Phi) is 3.97. The Labute approximate surface area is 114 Å². The summed E-state index contributed by atoms with van der Waals surface area (Å²) in [6, 6.07) is 2.33. The van der Waals surface area contributed by atoms with Crippen LogP contribution in [0.4, 0.5) is 0 Å². The summed E-state index contributed by atoms with van der Waals surface area (Å²) >= 11 is 1.79. The Morgan fingerprint density at radius 2 is 2.17 bits per heavy atom. The summed E-state index contributed by atoms with van der Waals surface area (Å²) in [7, 11) is 0. The van der Waals surface area contributed by atoms with Crippen LogP contribution in [0.5, 0.6) is 0 Å². The zero-order chi connectivity index (χ0) is 12.4. The molecule has 100 valence electrons. The number of rotatable bonds is 5. The van der Waals surface area contributed by atoms with E-state index in [9.17, 15) is 0 Å². The van der Waals surface area contributed by atoms with E-state index in [-0.39, 0.29) is 0 Å². The molecular weight excluding hydrogens is 242 g/mol. The van der Waals surface area contributed by atoms with Gasteiger partial charge in [0.15, 0.2) is 0 Å². The molecule has 1 aromatic rings. The van der Waals surface area contributed by atoms with Crippen molar-refractivity contribution >= 4 is 11.3 Å². The molecule has 1 aromatic heterocycles. The van der Waals surface area contributed by atoms with Gasteiger partial charge < -0.3 is 5.32 Å². The highest BCUT2D eigenvalue weighted by atomic mass is 32.1. The van der Waals surface area contributed by atoms with Gasteiger partial charge in [0.25, 0.3) is 0 Å². The van der Waals surface area contributed by atoms with Crippen molar-refractivity contribution in [3.63, 3.8) is 0 Å². The summed E-state index contributed by atoms with van der Waals surface area (Å²) < 4.78 is 0. The van der Waals surface area contributed by atoms with Crippen LogP contribution in [-0.4, -0.2) is 34.6 Å². The van der Waals surface area contributed by atoms with E-state index in [4.69, 9.17) is 0 Å². The van der Waals surface area contributed by atoms with Crippen LogP contribution in [0, 0.1) is 0 Å². The largest absolute Gasteiger partial charge is 0.311 e. The van der Waals surface area contributed by atoms with Crippen molar-refractivity contribution in [1.82, 2.24) is 15.2 Å². The molecule has 4 heteroatoms. The number of fused-ring (bicyclic) bond motifs is 2. The van der Waals surface area contributed by atoms with E-state index in [1.165, 1.54) is 43.7 Å². The van der Waals surface area contributed by atoms with Gasteiger partial charge in [0, 0.05) is 29.7 Å². The summed E-state index contributed by atoms with van der Waals surface area (Å²) in [5, 5.41) is 7.10. The summed E-state index contributed by atoms with van der Waals surface area (Å²) in [6.45, 7) is 4.55. The Morgan fingerprint density at radius 3 is 2.78 bits per heavy atom. The molecule has 0 spiro atoms. The molecule has 0 saturated carbocycles. The fourth-order valence-electron chi connectivity index (χ4n) is 3.51. The summed E-state index contributed by atoms with van der Waals surface area (Å²) in [5.41, 5.74) is 0. The highest BCUT2D eigenvalue weighted by Gasteiger charge is 2.35. The third-order valence-corrected chi connectivity index (χ3v) is 5.06. The molecule has 0 aromatic carbocycles. The standard InChI is InChI=1S/C14H23N3S/c1-2-6-17(10-14-15-5-7-18-14)13-8-11-3-4-12(9-13)16-11/h5,7,11-13,16H,2-4,6,8-10H2,1H3. The van der Waals surface area contributed by atoms with Gasteiger partial charge in [0.1, 0.15) is 5.01 Å². The average Bonchev–Trinajstić information content (AvgIpc) is 2.99. The first-order valence-electron chi connectivity index (χ1n) is 7.23. The average molecular weight is 265 g/mol. The lowest BCUT2D eigenvalue weighted by atomic mass is 9.98. The maximum Gasteiger partial charge on any atom is 0.107 e. The molecule has 3 heterocycles. The second-order valence-electron chi connectivity index (χ2n) is 5.66. The number of nitrogens with one attached hydrogen (secondary N) is 1. The van der Waals surface area contributed by atoms with E-state index < -0.39 is 0 Å². The van der Waals surface area contributed by atoms with Crippen LogP contribution in [0.15, 0.2) is 11.6 Å². The molecular formula is C14H23N3S. The summed E-state index contributed by atoms with van der Waals surface area (Å²) in [6.07, 6.45) is 8.61. The second-order valence-corrected chi connectivity index (χ2v) is 6.64. The number of hydrogen-bond acceptors (Lipinski definition) is 4. The molecule has 1 N–H and O–H groups in total. The zero-order valence-electron chi connectivity index (χ0n) is 11.1. The van der Waals surface area contributed by atoms with Crippen molar-refractivity contribution in [2.45, 2.75) is 63.7 Å². The predicted molar refractivity (Wildman–Crippen MR) is 75.8 cm³/mol. The quantitative estimate of drug-likeness (QED) is 0.887. The number of hydrogen-bond donors (Lipinski definition) is 1. The van der Waals surface area contributed by atoms with Crippen LogP contribution in [0.2, 0.25) is 0 Å².